The maximum atomic E-state index is 12.3. The van der Waals surface area contributed by atoms with Crippen molar-refractivity contribution < 1.29 is 9.21 Å². The number of benzene rings is 2. The molecule has 3 aromatic rings. The topological polar surface area (TPSA) is 67.2 Å². The average molecular weight is 364 g/mol. The first-order valence-corrected chi connectivity index (χ1v) is 8.07. The lowest BCUT2D eigenvalue weighted by Crippen LogP contribution is -2.31. The smallest absolute Gasteiger partial charge is 0.246 e. The number of amides is 1. The molecular formula is C17H15Cl2N3O2. The zero-order valence-corrected chi connectivity index (χ0v) is 14.6. The van der Waals surface area contributed by atoms with Crippen LogP contribution >= 0.6 is 23.2 Å². The van der Waals surface area contributed by atoms with Gasteiger partial charge < -0.3 is 15.1 Å². The fourth-order valence-electron chi connectivity index (χ4n) is 2.28. The van der Waals surface area contributed by atoms with Crippen molar-refractivity contribution in [3.8, 4) is 0 Å². The fourth-order valence-corrected chi connectivity index (χ4v) is 2.62. The van der Waals surface area contributed by atoms with E-state index in [1.807, 2.05) is 18.2 Å². The molecule has 0 saturated heterocycles. The minimum Gasteiger partial charge on any atom is -0.441 e. The van der Waals surface area contributed by atoms with Crippen LogP contribution in [-0.2, 0) is 4.79 Å². The number of carbonyl (C=O) groups is 1. The minimum absolute atomic E-state index is 0.226. The van der Waals surface area contributed by atoms with E-state index in [0.29, 0.717) is 27.2 Å². The molecule has 0 bridgehead atoms. The van der Waals surface area contributed by atoms with Crippen LogP contribution in [0.25, 0.3) is 11.1 Å². The van der Waals surface area contributed by atoms with Gasteiger partial charge in [-0.15, -0.1) is 0 Å². The van der Waals surface area contributed by atoms with E-state index in [4.69, 9.17) is 27.6 Å². The Morgan fingerprint density at radius 2 is 2.00 bits per heavy atom. The van der Waals surface area contributed by atoms with E-state index in [1.165, 1.54) is 0 Å². The minimum atomic E-state index is -0.481. The van der Waals surface area contributed by atoms with Crippen molar-refractivity contribution in [2.24, 2.45) is 0 Å². The van der Waals surface area contributed by atoms with Crippen LogP contribution in [0.2, 0.25) is 10.0 Å². The molecule has 0 spiro atoms. The van der Waals surface area contributed by atoms with Crippen LogP contribution in [-0.4, -0.2) is 16.9 Å². The van der Waals surface area contributed by atoms with Crippen molar-refractivity contribution in [3.63, 3.8) is 0 Å². The Morgan fingerprint density at radius 3 is 2.79 bits per heavy atom. The maximum Gasteiger partial charge on any atom is 0.246 e. The quantitative estimate of drug-likeness (QED) is 0.692. The molecule has 1 amide bonds. The van der Waals surface area contributed by atoms with Crippen LogP contribution < -0.4 is 10.6 Å². The van der Waals surface area contributed by atoms with Gasteiger partial charge in [-0.1, -0.05) is 23.2 Å². The first-order chi connectivity index (χ1) is 11.4. The number of hydrogen-bond donors (Lipinski definition) is 2. The summed E-state index contributed by atoms with van der Waals surface area (Å²) < 4.78 is 5.43. The monoisotopic (exact) mass is 363 g/mol. The van der Waals surface area contributed by atoms with Gasteiger partial charge >= 0.3 is 0 Å². The van der Waals surface area contributed by atoms with Crippen molar-refractivity contribution in [1.29, 1.82) is 0 Å². The van der Waals surface area contributed by atoms with Crippen LogP contribution in [0, 0.1) is 6.92 Å². The van der Waals surface area contributed by atoms with Gasteiger partial charge in [0, 0.05) is 17.6 Å². The van der Waals surface area contributed by atoms with Crippen molar-refractivity contribution in [3.05, 3.63) is 52.3 Å². The molecule has 124 valence electrons. The zero-order chi connectivity index (χ0) is 17.3. The molecule has 5 nitrogen and oxygen atoms in total. The summed E-state index contributed by atoms with van der Waals surface area (Å²) in [5.41, 5.74) is 2.70. The average Bonchev–Trinajstić information content (AvgIpc) is 2.90. The highest BCUT2D eigenvalue weighted by atomic mass is 35.5. The number of halogens is 2. The van der Waals surface area contributed by atoms with Crippen molar-refractivity contribution in [2.45, 2.75) is 19.9 Å². The highest BCUT2D eigenvalue weighted by Gasteiger charge is 2.15. The molecule has 1 aromatic heterocycles. The number of fused-ring (bicyclic) bond motifs is 1. The van der Waals surface area contributed by atoms with Crippen LogP contribution in [0.3, 0.4) is 0 Å². The summed E-state index contributed by atoms with van der Waals surface area (Å²) in [5, 5.41) is 6.82. The zero-order valence-electron chi connectivity index (χ0n) is 13.1. The highest BCUT2D eigenvalue weighted by molar-refractivity contribution is 6.35. The van der Waals surface area contributed by atoms with Gasteiger partial charge in [-0.3, -0.25) is 4.79 Å². The molecule has 24 heavy (non-hydrogen) atoms. The predicted molar refractivity (Wildman–Crippen MR) is 96.9 cm³/mol. The standard InChI is InChI=1S/C17H15Cl2N3O2/c1-9(17(23)22-14-7-11(18)3-5-13(14)19)20-12-4-6-16-15(8-12)21-10(2)24-16/h3-9,20H,1-2H3,(H,22,23)/t9-/m0/s1. The summed E-state index contributed by atoms with van der Waals surface area (Å²) in [6, 6.07) is 9.92. The lowest BCUT2D eigenvalue weighted by molar-refractivity contribution is -0.116. The molecule has 2 aromatic carbocycles. The van der Waals surface area contributed by atoms with E-state index >= 15 is 0 Å². The van der Waals surface area contributed by atoms with Gasteiger partial charge in [0.1, 0.15) is 11.6 Å². The predicted octanol–water partition coefficient (Wildman–Crippen LogP) is 4.88. The molecular weight excluding hydrogens is 349 g/mol. The summed E-state index contributed by atoms with van der Waals surface area (Å²) in [6.45, 7) is 3.55. The number of oxazole rings is 1. The van der Waals surface area contributed by atoms with E-state index in [-0.39, 0.29) is 5.91 Å². The first kappa shape index (κ1) is 16.6. The summed E-state index contributed by atoms with van der Waals surface area (Å²) in [6.07, 6.45) is 0. The van der Waals surface area contributed by atoms with Crippen LogP contribution in [0.5, 0.6) is 0 Å². The maximum absolute atomic E-state index is 12.3. The number of carbonyl (C=O) groups excluding carboxylic acids is 1. The van der Waals surface area contributed by atoms with Crippen molar-refractivity contribution in [2.75, 3.05) is 10.6 Å². The number of hydrogen-bond acceptors (Lipinski definition) is 4. The lowest BCUT2D eigenvalue weighted by atomic mass is 10.2. The van der Waals surface area contributed by atoms with Crippen molar-refractivity contribution in [1.82, 2.24) is 4.98 Å². The van der Waals surface area contributed by atoms with Crippen LogP contribution in [0.1, 0.15) is 12.8 Å². The summed E-state index contributed by atoms with van der Waals surface area (Å²) in [4.78, 5) is 16.6. The second-order valence-corrected chi connectivity index (χ2v) is 6.24. The van der Waals surface area contributed by atoms with E-state index in [2.05, 4.69) is 15.6 Å². The van der Waals surface area contributed by atoms with E-state index < -0.39 is 6.04 Å². The number of aryl methyl sites for hydroxylation is 1. The molecule has 1 atom stereocenters. The summed E-state index contributed by atoms with van der Waals surface area (Å²) in [7, 11) is 0. The largest absolute Gasteiger partial charge is 0.441 e. The Morgan fingerprint density at radius 1 is 1.21 bits per heavy atom. The van der Waals surface area contributed by atoms with Gasteiger partial charge in [0.25, 0.3) is 0 Å². The lowest BCUT2D eigenvalue weighted by Gasteiger charge is -2.16. The Balaban J connectivity index is 1.71. The molecule has 2 N–H and O–H groups in total. The third-order valence-electron chi connectivity index (χ3n) is 3.46. The molecule has 0 aliphatic carbocycles. The van der Waals surface area contributed by atoms with E-state index in [9.17, 15) is 4.79 Å². The number of nitrogens with zero attached hydrogens (tertiary/aromatic N) is 1. The molecule has 0 aliphatic heterocycles. The van der Waals surface area contributed by atoms with Gasteiger partial charge in [0.05, 0.1) is 10.7 Å². The summed E-state index contributed by atoms with van der Waals surface area (Å²) in [5.74, 6) is 0.374. The molecule has 0 aliphatic rings. The van der Waals surface area contributed by atoms with E-state index in [1.54, 1.807) is 32.0 Å². The van der Waals surface area contributed by atoms with Gasteiger partial charge in [-0.05, 0) is 43.3 Å². The van der Waals surface area contributed by atoms with Gasteiger partial charge in [-0.2, -0.15) is 0 Å². The third-order valence-corrected chi connectivity index (χ3v) is 4.02. The molecule has 7 heteroatoms. The Bertz CT molecular complexity index is 908. The number of rotatable bonds is 4. The second-order valence-electron chi connectivity index (χ2n) is 5.39. The van der Waals surface area contributed by atoms with Crippen LogP contribution in [0.15, 0.2) is 40.8 Å². The molecule has 3 rings (SSSR count). The Kier molecular flexibility index (Phi) is 4.64. The molecule has 1 heterocycles. The molecule has 0 radical (unpaired) electrons. The van der Waals surface area contributed by atoms with Crippen LogP contribution in [0.4, 0.5) is 11.4 Å². The third kappa shape index (κ3) is 3.63. The van der Waals surface area contributed by atoms with Gasteiger partial charge in [0.2, 0.25) is 5.91 Å². The summed E-state index contributed by atoms with van der Waals surface area (Å²) >= 11 is 12.0. The Hall–Kier alpha value is -2.24. The van der Waals surface area contributed by atoms with Crippen molar-refractivity contribution >= 4 is 51.6 Å². The Labute approximate surface area is 149 Å². The molecule has 0 fully saturated rings. The number of aromatic nitrogens is 1. The van der Waals surface area contributed by atoms with Gasteiger partial charge in [0.15, 0.2) is 11.5 Å². The normalized spacial score (nSPS) is 12.2. The molecule has 0 saturated carbocycles. The fraction of sp³-hybridized carbons (Fsp3) is 0.176. The second kappa shape index (κ2) is 6.71. The molecule has 0 unspecified atom stereocenters. The number of anilines is 2. The SMILES string of the molecule is Cc1nc2cc(N[C@@H](C)C(=O)Nc3cc(Cl)ccc3Cl)ccc2o1. The van der Waals surface area contributed by atoms with E-state index in [0.717, 1.165) is 11.2 Å². The number of nitrogens with one attached hydrogen (secondary N) is 2. The highest BCUT2D eigenvalue weighted by Crippen LogP contribution is 2.26. The van der Waals surface area contributed by atoms with Gasteiger partial charge in [-0.25, -0.2) is 4.98 Å². The first-order valence-electron chi connectivity index (χ1n) is 7.32.